The van der Waals surface area contributed by atoms with E-state index < -0.39 is 0 Å². The van der Waals surface area contributed by atoms with Gasteiger partial charge in [0.25, 0.3) is 5.91 Å². The molecular weight excluding hydrogens is 384 g/mol. The third kappa shape index (κ3) is 3.80. The minimum Gasteiger partial charge on any atom is -0.497 e. The lowest BCUT2D eigenvalue weighted by atomic mass is 10.1. The first-order valence-corrected chi connectivity index (χ1v) is 9.55. The molecule has 0 saturated carbocycles. The van der Waals surface area contributed by atoms with Gasteiger partial charge in [0.15, 0.2) is 0 Å². The van der Waals surface area contributed by atoms with Gasteiger partial charge in [0.05, 0.1) is 17.8 Å². The molecule has 0 bridgehead atoms. The highest BCUT2D eigenvalue weighted by atomic mass is 35.5. The second kappa shape index (κ2) is 7.94. The van der Waals surface area contributed by atoms with Gasteiger partial charge in [0.2, 0.25) is 0 Å². The zero-order valence-corrected chi connectivity index (χ0v) is 16.9. The van der Waals surface area contributed by atoms with Crippen LogP contribution in [-0.2, 0) is 4.79 Å². The molecule has 0 radical (unpaired) electrons. The van der Waals surface area contributed by atoms with E-state index in [1.807, 2.05) is 73.7 Å². The van der Waals surface area contributed by atoms with Crippen LogP contribution >= 0.6 is 11.6 Å². The van der Waals surface area contributed by atoms with E-state index >= 15 is 0 Å². The Morgan fingerprint density at radius 2 is 1.79 bits per heavy atom. The van der Waals surface area contributed by atoms with Crippen molar-refractivity contribution in [1.82, 2.24) is 0 Å². The number of aryl methyl sites for hydroxylation is 1. The highest BCUT2D eigenvalue weighted by molar-refractivity contribution is 6.39. The van der Waals surface area contributed by atoms with Crippen molar-refractivity contribution in [2.75, 3.05) is 12.0 Å². The van der Waals surface area contributed by atoms with Crippen molar-refractivity contribution in [1.29, 1.82) is 0 Å². The summed E-state index contributed by atoms with van der Waals surface area (Å²) in [5.41, 5.74) is 3.69. The van der Waals surface area contributed by atoms with Crippen molar-refractivity contribution in [3.63, 3.8) is 0 Å². The van der Waals surface area contributed by atoms with Crippen molar-refractivity contribution in [3.05, 3.63) is 100 Å². The Morgan fingerprint density at radius 3 is 2.55 bits per heavy atom. The molecule has 1 aliphatic rings. The van der Waals surface area contributed by atoms with Crippen molar-refractivity contribution < 1.29 is 9.53 Å². The van der Waals surface area contributed by atoms with Crippen LogP contribution in [0.2, 0.25) is 5.02 Å². The monoisotopic (exact) mass is 402 g/mol. The number of methoxy groups -OCH3 is 1. The summed E-state index contributed by atoms with van der Waals surface area (Å²) in [6.45, 7) is 1.99. The summed E-state index contributed by atoms with van der Waals surface area (Å²) < 4.78 is 5.28. The van der Waals surface area contributed by atoms with Gasteiger partial charge in [-0.1, -0.05) is 48.0 Å². The van der Waals surface area contributed by atoms with Gasteiger partial charge in [0, 0.05) is 5.56 Å². The van der Waals surface area contributed by atoms with Gasteiger partial charge in [-0.15, -0.1) is 0 Å². The number of anilines is 1. The van der Waals surface area contributed by atoms with Crippen LogP contribution < -0.4 is 9.64 Å². The van der Waals surface area contributed by atoms with Crippen LogP contribution in [0.1, 0.15) is 16.7 Å². The molecule has 144 valence electrons. The molecule has 0 atom stereocenters. The predicted octanol–water partition coefficient (Wildman–Crippen LogP) is 5.49. The maximum Gasteiger partial charge on any atom is 0.282 e. The number of amidine groups is 1. The fourth-order valence-electron chi connectivity index (χ4n) is 3.24. The molecule has 1 aliphatic heterocycles. The Hall–Kier alpha value is -3.37. The number of halogens is 1. The number of hydrogen-bond acceptors (Lipinski definition) is 3. The van der Waals surface area contributed by atoms with Gasteiger partial charge in [-0.05, 0) is 60.5 Å². The molecule has 0 fully saturated rings. The highest BCUT2D eigenvalue weighted by Gasteiger charge is 2.33. The first-order valence-electron chi connectivity index (χ1n) is 9.17. The second-order valence-corrected chi connectivity index (χ2v) is 7.11. The number of benzene rings is 3. The van der Waals surface area contributed by atoms with Crippen molar-refractivity contribution >= 4 is 35.1 Å². The normalized spacial score (nSPS) is 15.0. The van der Waals surface area contributed by atoms with E-state index in [1.165, 1.54) is 0 Å². The Kier molecular flexibility index (Phi) is 5.19. The first kappa shape index (κ1) is 19.0. The number of amides is 1. The van der Waals surface area contributed by atoms with E-state index in [-0.39, 0.29) is 5.91 Å². The van der Waals surface area contributed by atoms with E-state index in [9.17, 15) is 4.79 Å². The summed E-state index contributed by atoms with van der Waals surface area (Å²) in [5.74, 6) is 1.03. The van der Waals surface area contributed by atoms with Gasteiger partial charge in [-0.2, -0.15) is 0 Å². The smallest absolute Gasteiger partial charge is 0.282 e. The molecule has 0 aromatic heterocycles. The van der Waals surface area contributed by atoms with Crippen LogP contribution in [0.3, 0.4) is 0 Å². The molecule has 0 saturated heterocycles. The van der Waals surface area contributed by atoms with E-state index in [2.05, 4.69) is 4.99 Å². The molecule has 0 aliphatic carbocycles. The molecule has 0 N–H and O–H groups in total. The fourth-order valence-corrected chi connectivity index (χ4v) is 3.46. The van der Waals surface area contributed by atoms with E-state index in [1.54, 1.807) is 24.2 Å². The zero-order chi connectivity index (χ0) is 20.4. The summed E-state index contributed by atoms with van der Waals surface area (Å²) in [4.78, 5) is 19.6. The Balaban J connectivity index is 1.85. The topological polar surface area (TPSA) is 41.9 Å². The quantitative estimate of drug-likeness (QED) is 0.541. The molecule has 4 rings (SSSR count). The van der Waals surface area contributed by atoms with Crippen LogP contribution in [0, 0.1) is 6.92 Å². The summed E-state index contributed by atoms with van der Waals surface area (Å²) in [7, 11) is 1.61. The minimum absolute atomic E-state index is 0.201. The summed E-state index contributed by atoms with van der Waals surface area (Å²) >= 11 is 6.43. The van der Waals surface area contributed by atoms with E-state index in [0.717, 1.165) is 22.6 Å². The predicted molar refractivity (Wildman–Crippen MR) is 118 cm³/mol. The van der Waals surface area contributed by atoms with Gasteiger partial charge < -0.3 is 4.74 Å². The number of hydrogen-bond donors (Lipinski definition) is 0. The maximum atomic E-state index is 13.3. The van der Waals surface area contributed by atoms with Crippen LogP contribution in [0.5, 0.6) is 5.75 Å². The van der Waals surface area contributed by atoms with Gasteiger partial charge in [-0.25, -0.2) is 4.99 Å². The molecule has 4 nitrogen and oxygen atoms in total. The van der Waals surface area contributed by atoms with Crippen LogP contribution in [0.25, 0.3) is 6.08 Å². The second-order valence-electron chi connectivity index (χ2n) is 6.70. The summed E-state index contributed by atoms with van der Waals surface area (Å²) in [5, 5.41) is 0.541. The standard InChI is InChI=1S/C24H19ClN2O2/c1-16-7-5-9-18(13-16)27-23(20-11-3-4-12-21(20)25)26-22(24(27)28)15-17-8-6-10-19(14-17)29-2/h3-15H,1-2H3/b22-15+. The zero-order valence-electron chi connectivity index (χ0n) is 16.1. The summed E-state index contributed by atoms with van der Waals surface area (Å²) in [6, 6.07) is 22.7. The van der Waals surface area contributed by atoms with Crippen LogP contribution in [0.15, 0.2) is 83.5 Å². The number of ether oxygens (including phenoxy) is 1. The minimum atomic E-state index is -0.201. The largest absolute Gasteiger partial charge is 0.497 e. The van der Waals surface area contributed by atoms with Gasteiger partial charge in [0.1, 0.15) is 17.3 Å². The van der Waals surface area contributed by atoms with Gasteiger partial charge >= 0.3 is 0 Å². The maximum absolute atomic E-state index is 13.3. The molecule has 0 spiro atoms. The molecule has 29 heavy (non-hydrogen) atoms. The highest BCUT2D eigenvalue weighted by Crippen LogP contribution is 2.31. The molecule has 3 aromatic rings. The summed E-state index contributed by atoms with van der Waals surface area (Å²) in [6.07, 6.45) is 1.76. The Labute approximate surface area is 174 Å². The molecule has 3 aromatic carbocycles. The average molecular weight is 403 g/mol. The molecule has 1 heterocycles. The fraction of sp³-hybridized carbons (Fsp3) is 0.0833. The lowest BCUT2D eigenvalue weighted by Crippen LogP contribution is -2.32. The van der Waals surface area contributed by atoms with E-state index in [4.69, 9.17) is 16.3 Å². The Bertz CT molecular complexity index is 1150. The first-order chi connectivity index (χ1) is 14.1. The number of carbonyl (C=O) groups excluding carboxylic acids is 1. The number of aliphatic imine (C=N–C) groups is 1. The molecule has 5 heteroatoms. The van der Waals surface area contributed by atoms with Crippen molar-refractivity contribution in [2.45, 2.75) is 6.92 Å². The molecular formula is C24H19ClN2O2. The van der Waals surface area contributed by atoms with Crippen LogP contribution in [0.4, 0.5) is 5.69 Å². The molecule has 0 unspecified atom stereocenters. The van der Waals surface area contributed by atoms with Crippen molar-refractivity contribution in [2.24, 2.45) is 4.99 Å². The Morgan fingerprint density at radius 1 is 1.00 bits per heavy atom. The van der Waals surface area contributed by atoms with E-state index in [0.29, 0.717) is 22.1 Å². The van der Waals surface area contributed by atoms with Gasteiger partial charge in [-0.3, -0.25) is 9.69 Å². The number of nitrogens with zero attached hydrogens (tertiary/aromatic N) is 2. The lowest BCUT2D eigenvalue weighted by molar-refractivity contribution is -0.113. The third-order valence-corrected chi connectivity index (χ3v) is 4.96. The number of rotatable bonds is 4. The lowest BCUT2D eigenvalue weighted by Gasteiger charge is -2.19. The SMILES string of the molecule is COc1cccc(/C=C2/N=C(c3ccccc3Cl)N(c3cccc(C)c3)C2=O)c1. The third-order valence-electron chi connectivity index (χ3n) is 4.63. The van der Waals surface area contributed by atoms with Crippen LogP contribution in [-0.4, -0.2) is 18.9 Å². The number of carbonyl (C=O) groups is 1. The van der Waals surface area contributed by atoms with Crippen molar-refractivity contribution in [3.8, 4) is 5.75 Å². The average Bonchev–Trinajstić information content (AvgIpc) is 3.04. The molecule has 1 amide bonds.